The van der Waals surface area contributed by atoms with Gasteiger partial charge in [-0.1, -0.05) is 49.7 Å². The monoisotopic (exact) mass is 403 g/mol. The third-order valence-corrected chi connectivity index (χ3v) is 3.33. The van der Waals surface area contributed by atoms with Crippen molar-refractivity contribution in [2.75, 3.05) is 0 Å². The fourth-order valence-electron chi connectivity index (χ4n) is 2.02. The summed E-state index contributed by atoms with van der Waals surface area (Å²) in [6, 6.07) is 8.08. The smallest absolute Gasteiger partial charge is 0.191 e. The van der Waals surface area contributed by atoms with E-state index in [1.165, 1.54) is 19.3 Å². The number of fused-ring (bicyclic) bond motifs is 1. The molecule has 0 aliphatic rings. The molecule has 5 heteroatoms. The van der Waals surface area contributed by atoms with Crippen LogP contribution in [0.3, 0.4) is 0 Å². The van der Waals surface area contributed by atoms with Gasteiger partial charge in [0.15, 0.2) is 5.91 Å². The van der Waals surface area contributed by atoms with Gasteiger partial charge in [0.2, 0.25) is 0 Å². The van der Waals surface area contributed by atoms with E-state index in [0.29, 0.717) is 6.42 Å². The molecule has 2 aromatic rings. The minimum atomic E-state index is 0. The zero-order valence-electron chi connectivity index (χ0n) is 14.3. The van der Waals surface area contributed by atoms with Crippen LogP contribution in [-0.4, -0.2) is 16.0 Å². The maximum absolute atomic E-state index is 10.7. The van der Waals surface area contributed by atoms with E-state index in [-0.39, 0.29) is 44.4 Å². The summed E-state index contributed by atoms with van der Waals surface area (Å²) in [6.45, 7) is 2.20. The minimum Gasteiger partial charge on any atom is -0.521 e. The molecule has 4 nitrogen and oxygen atoms in total. The average molecular weight is 403 g/mol. The Morgan fingerprint density at radius 3 is 2.79 bits per heavy atom. The number of hydrogen-bond donors (Lipinski definition) is 3. The molecule has 0 bridgehead atoms. The van der Waals surface area contributed by atoms with Gasteiger partial charge in [0.1, 0.15) is 0 Å². The van der Waals surface area contributed by atoms with E-state index in [9.17, 15) is 4.79 Å². The van der Waals surface area contributed by atoms with Crippen LogP contribution in [0.2, 0.25) is 0 Å². The Morgan fingerprint density at radius 1 is 1.33 bits per heavy atom. The summed E-state index contributed by atoms with van der Waals surface area (Å²) < 4.78 is 0. The van der Waals surface area contributed by atoms with Crippen LogP contribution >= 0.6 is 0 Å². The van der Waals surface area contributed by atoms with E-state index in [0.717, 1.165) is 23.7 Å². The van der Waals surface area contributed by atoms with Crippen molar-refractivity contribution < 1.29 is 42.6 Å². The zero-order valence-corrected chi connectivity index (χ0v) is 17.2. The second-order valence-corrected chi connectivity index (χ2v) is 5.27. The summed E-state index contributed by atoms with van der Waals surface area (Å²) >= 11 is 0. The fraction of sp³-hybridized carbons (Fsp3) is 0.368. The number of carbonyl (C=O) groups is 1. The molecule has 2 rings (SSSR count). The zero-order chi connectivity index (χ0) is 16.9. The predicted octanol–water partition coefficient (Wildman–Crippen LogP) is 4.48. The van der Waals surface area contributed by atoms with Crippen LogP contribution in [0.25, 0.3) is 10.9 Å². The molecule has 0 atom stereocenters. The Bertz CT molecular complexity index is 608. The van der Waals surface area contributed by atoms with Crippen molar-refractivity contribution in [3.05, 3.63) is 49.7 Å². The van der Waals surface area contributed by atoms with Gasteiger partial charge in [-0.3, -0.25) is 11.8 Å². The van der Waals surface area contributed by atoms with Crippen molar-refractivity contribution >= 4 is 16.8 Å². The molecular formula is C19H26N2O2Y-2. The molecule has 1 amide bonds. The van der Waals surface area contributed by atoms with Gasteiger partial charge in [0, 0.05) is 39.1 Å². The molecule has 0 unspecified atom stereocenters. The molecule has 0 aliphatic heterocycles. The first-order valence-electron chi connectivity index (χ1n) is 8.06. The summed E-state index contributed by atoms with van der Waals surface area (Å²) in [5.74, 6) is 0.293. The first-order chi connectivity index (χ1) is 11.2. The van der Waals surface area contributed by atoms with E-state index in [1.807, 2.05) is 6.07 Å². The topological polar surface area (TPSA) is 65.1 Å². The van der Waals surface area contributed by atoms with Gasteiger partial charge in [0.05, 0.1) is 5.75 Å². The van der Waals surface area contributed by atoms with Crippen molar-refractivity contribution in [1.29, 1.82) is 0 Å². The van der Waals surface area contributed by atoms with E-state index >= 15 is 0 Å². The number of unbranched alkanes of at least 4 members (excludes halogenated alkanes) is 3. The molecule has 1 aromatic heterocycles. The summed E-state index contributed by atoms with van der Waals surface area (Å²) in [5.41, 5.74) is 0.998. The standard InChI is InChI=1S/C11H20NO.C8H6NO.Y/c1-3-4-5-6-7-8-9-10-11(13)12-2;10-7-1-2-8-6(5-7)3-4-9-8;/h7-8H,2-6,9-10H2,1H3,(H,12,13);1-2,4-5,9-10H;/q2*-1;. The Hall–Kier alpha value is -1.13. The molecule has 0 saturated heterocycles. The molecule has 0 fully saturated rings. The second-order valence-electron chi connectivity index (χ2n) is 5.27. The Kier molecular flexibility index (Phi) is 13.6. The largest absolute Gasteiger partial charge is 0.521 e. The molecule has 24 heavy (non-hydrogen) atoms. The summed E-state index contributed by atoms with van der Waals surface area (Å²) in [7, 11) is 3.30. The number of H-pyrrole nitrogens is 1. The summed E-state index contributed by atoms with van der Waals surface area (Å²) in [6.07, 6.45) is 12.3. The second kappa shape index (κ2) is 14.2. The third kappa shape index (κ3) is 9.89. The molecule has 1 radical (unpaired) electrons. The van der Waals surface area contributed by atoms with Crippen LogP contribution in [0.1, 0.15) is 45.4 Å². The average Bonchev–Trinajstić information content (AvgIpc) is 3.01. The van der Waals surface area contributed by atoms with Crippen LogP contribution in [0.15, 0.2) is 36.5 Å². The van der Waals surface area contributed by atoms with E-state index in [4.69, 9.17) is 5.11 Å². The van der Waals surface area contributed by atoms with Crippen molar-refractivity contribution in [2.45, 2.75) is 45.4 Å². The van der Waals surface area contributed by atoms with Gasteiger partial charge in [-0.05, 0) is 25.3 Å². The molecule has 0 saturated carbocycles. The number of aromatic amines is 1. The predicted molar refractivity (Wildman–Crippen MR) is 94.8 cm³/mol. The number of hydrogen-bond acceptors (Lipinski definition) is 2. The van der Waals surface area contributed by atoms with Crippen LogP contribution in [0, 0.1) is 13.1 Å². The van der Waals surface area contributed by atoms with Gasteiger partial charge in [0.25, 0.3) is 0 Å². The normalized spacial score (nSPS) is 10.1. The van der Waals surface area contributed by atoms with Gasteiger partial charge in [-0.15, -0.1) is 6.07 Å². The number of nitrogens with one attached hydrogen (secondary N) is 2. The summed E-state index contributed by atoms with van der Waals surface area (Å²) in [5, 5.41) is 12.3. The van der Waals surface area contributed by atoms with E-state index in [1.54, 1.807) is 18.3 Å². The molecule has 3 N–H and O–H groups in total. The number of phenolic OH excluding ortho intramolecular Hbond substituents is 1. The van der Waals surface area contributed by atoms with Crippen LogP contribution in [-0.2, 0) is 37.5 Å². The summed E-state index contributed by atoms with van der Waals surface area (Å²) in [4.78, 5) is 13.7. The Balaban J connectivity index is 0.000000432. The molecule has 0 spiro atoms. The van der Waals surface area contributed by atoms with Gasteiger partial charge < -0.3 is 15.4 Å². The quantitative estimate of drug-likeness (QED) is 0.363. The van der Waals surface area contributed by atoms with Crippen molar-refractivity contribution in [1.82, 2.24) is 10.3 Å². The Labute approximate surface area is 170 Å². The number of amides is 1. The number of allylic oxidation sites excluding steroid dienone is 2. The van der Waals surface area contributed by atoms with Crippen LogP contribution in [0.5, 0.6) is 5.75 Å². The van der Waals surface area contributed by atoms with E-state index in [2.05, 4.69) is 42.5 Å². The number of carbonyl (C=O) groups excluding carboxylic acids is 1. The van der Waals surface area contributed by atoms with Crippen molar-refractivity contribution in [3.63, 3.8) is 0 Å². The number of aromatic nitrogens is 1. The number of aromatic hydroxyl groups is 1. The SMILES string of the molecule is Oc1ccc2[nH]c[c-]c2c1.[CH2-]NC(=O)CCC=CCCCCC.[Y]. The Morgan fingerprint density at radius 2 is 2.08 bits per heavy atom. The third-order valence-electron chi connectivity index (χ3n) is 3.33. The van der Waals surface area contributed by atoms with Gasteiger partial charge >= 0.3 is 0 Å². The first kappa shape index (κ1) is 22.9. The maximum atomic E-state index is 10.7. The molecular weight excluding hydrogens is 377 g/mol. The van der Waals surface area contributed by atoms with Crippen molar-refractivity contribution in [3.8, 4) is 5.75 Å². The van der Waals surface area contributed by atoms with Gasteiger partial charge in [-0.25, -0.2) is 0 Å². The molecule has 1 aromatic carbocycles. The molecule has 0 aliphatic carbocycles. The van der Waals surface area contributed by atoms with E-state index < -0.39 is 0 Å². The van der Waals surface area contributed by atoms with Crippen LogP contribution < -0.4 is 5.32 Å². The van der Waals surface area contributed by atoms with Crippen molar-refractivity contribution in [2.24, 2.45) is 0 Å². The molecule has 129 valence electrons. The van der Waals surface area contributed by atoms with Gasteiger partial charge in [-0.2, -0.15) is 11.5 Å². The first-order valence-corrected chi connectivity index (χ1v) is 8.06. The number of benzene rings is 1. The number of rotatable bonds is 7. The minimum absolute atomic E-state index is 0. The van der Waals surface area contributed by atoms with Crippen LogP contribution in [0.4, 0.5) is 0 Å². The maximum Gasteiger partial charge on any atom is 0.191 e. The fourth-order valence-corrected chi connectivity index (χ4v) is 2.02. The molecule has 1 heterocycles. The number of phenols is 1.